The number of furan rings is 1. The molecule has 0 unspecified atom stereocenters. The number of amides is 1. The van der Waals surface area contributed by atoms with Crippen LogP contribution in [-0.4, -0.2) is 10.5 Å². The molecule has 5 nitrogen and oxygen atoms in total. The van der Waals surface area contributed by atoms with Crippen molar-refractivity contribution in [2.45, 2.75) is 26.4 Å². The minimum absolute atomic E-state index is 0.103. The van der Waals surface area contributed by atoms with Crippen LogP contribution in [-0.2, 0) is 6.54 Å². The average molecular weight is 350 g/mol. The van der Waals surface area contributed by atoms with Crippen molar-refractivity contribution in [1.29, 1.82) is 0 Å². The molecule has 2 heterocycles. The molecule has 2 aromatic heterocycles. The maximum Gasteiger partial charge on any atom is 0.287 e. The molecule has 1 N–H and O–H groups in total. The lowest BCUT2D eigenvalue weighted by Crippen LogP contribution is -2.31. The summed E-state index contributed by atoms with van der Waals surface area (Å²) in [6.07, 6.45) is 1.69. The Kier molecular flexibility index (Phi) is 5.37. The summed E-state index contributed by atoms with van der Waals surface area (Å²) in [6.45, 7) is 4.42. The molecular weight excluding hydrogens is 328 g/mol. The third-order valence-electron chi connectivity index (χ3n) is 4.22. The first-order chi connectivity index (χ1) is 12.5. The molecule has 0 saturated carbocycles. The summed E-state index contributed by atoms with van der Waals surface area (Å²) in [4.78, 5) is 24.4. The number of pyridine rings is 1. The van der Waals surface area contributed by atoms with Crippen molar-refractivity contribution in [3.05, 3.63) is 94.3 Å². The zero-order chi connectivity index (χ0) is 18.5. The normalized spacial score (nSPS) is 12.1. The summed E-state index contributed by atoms with van der Waals surface area (Å²) in [7, 11) is 0. The van der Waals surface area contributed by atoms with E-state index >= 15 is 0 Å². The van der Waals surface area contributed by atoms with Crippen molar-refractivity contribution >= 4 is 5.91 Å². The van der Waals surface area contributed by atoms with Crippen LogP contribution < -0.4 is 10.9 Å². The lowest BCUT2D eigenvalue weighted by molar-refractivity contribution is 0.0895. The molecular formula is C21H22N2O3. The fourth-order valence-electron chi connectivity index (χ4n) is 2.85. The predicted octanol–water partition coefficient (Wildman–Crippen LogP) is 3.62. The SMILES string of the molecule is CC(C)[C@@H](NC(=O)c1ccc(Cn2ccccc2=O)o1)c1ccccc1. The molecule has 3 aromatic rings. The van der Waals surface area contributed by atoms with Gasteiger partial charge in [-0.1, -0.05) is 50.2 Å². The van der Waals surface area contributed by atoms with Crippen LogP contribution in [0.25, 0.3) is 0 Å². The Hall–Kier alpha value is -3.08. The number of carbonyl (C=O) groups is 1. The largest absolute Gasteiger partial charge is 0.454 e. The Balaban J connectivity index is 1.73. The van der Waals surface area contributed by atoms with Gasteiger partial charge in [0, 0.05) is 12.3 Å². The van der Waals surface area contributed by atoms with Gasteiger partial charge in [0.25, 0.3) is 11.5 Å². The van der Waals surface area contributed by atoms with Gasteiger partial charge in [-0.05, 0) is 29.7 Å². The van der Waals surface area contributed by atoms with Gasteiger partial charge in [0.15, 0.2) is 5.76 Å². The highest BCUT2D eigenvalue weighted by Crippen LogP contribution is 2.22. The van der Waals surface area contributed by atoms with Crippen LogP contribution in [0.15, 0.2) is 76.1 Å². The van der Waals surface area contributed by atoms with E-state index in [9.17, 15) is 9.59 Å². The second kappa shape index (κ2) is 7.87. The van der Waals surface area contributed by atoms with E-state index in [1.165, 1.54) is 10.6 Å². The van der Waals surface area contributed by atoms with E-state index in [0.717, 1.165) is 5.56 Å². The molecule has 134 valence electrons. The summed E-state index contributed by atoms with van der Waals surface area (Å²) in [6, 6.07) is 18.1. The van der Waals surface area contributed by atoms with Crippen molar-refractivity contribution in [2.24, 2.45) is 5.92 Å². The summed E-state index contributed by atoms with van der Waals surface area (Å²) in [5.41, 5.74) is 0.942. The van der Waals surface area contributed by atoms with E-state index in [-0.39, 0.29) is 29.2 Å². The zero-order valence-corrected chi connectivity index (χ0v) is 14.9. The Morgan fingerprint density at radius 1 is 1.04 bits per heavy atom. The third kappa shape index (κ3) is 4.11. The molecule has 1 amide bonds. The van der Waals surface area contributed by atoms with Crippen LogP contribution >= 0.6 is 0 Å². The highest BCUT2D eigenvalue weighted by Gasteiger charge is 2.20. The first kappa shape index (κ1) is 17.7. The number of rotatable bonds is 6. The van der Waals surface area contributed by atoms with E-state index in [0.29, 0.717) is 12.3 Å². The summed E-state index contributed by atoms with van der Waals surface area (Å²) < 4.78 is 7.18. The Bertz CT molecular complexity index is 925. The molecule has 0 radical (unpaired) electrons. The van der Waals surface area contributed by atoms with Crippen molar-refractivity contribution in [1.82, 2.24) is 9.88 Å². The Morgan fingerprint density at radius 3 is 2.46 bits per heavy atom. The quantitative estimate of drug-likeness (QED) is 0.738. The van der Waals surface area contributed by atoms with Crippen LogP contribution in [0, 0.1) is 5.92 Å². The van der Waals surface area contributed by atoms with Gasteiger partial charge in [-0.25, -0.2) is 0 Å². The van der Waals surface area contributed by atoms with Crippen molar-refractivity contribution in [3.8, 4) is 0 Å². The second-order valence-corrected chi connectivity index (χ2v) is 6.54. The van der Waals surface area contributed by atoms with E-state index in [2.05, 4.69) is 19.2 Å². The average Bonchev–Trinajstić information content (AvgIpc) is 3.10. The zero-order valence-electron chi connectivity index (χ0n) is 14.9. The standard InChI is InChI=1S/C21H22N2O3/c1-15(2)20(16-8-4-3-5-9-16)22-21(25)18-12-11-17(26-18)14-23-13-7-6-10-19(23)24/h3-13,15,20H,14H2,1-2H3,(H,22,25)/t20-/m1/s1. The molecule has 3 rings (SSSR count). The van der Waals surface area contributed by atoms with Gasteiger partial charge in [-0.3, -0.25) is 9.59 Å². The van der Waals surface area contributed by atoms with Gasteiger partial charge in [-0.2, -0.15) is 0 Å². The fraction of sp³-hybridized carbons (Fsp3) is 0.238. The Labute approximate surface area is 152 Å². The van der Waals surface area contributed by atoms with Gasteiger partial charge in [0.1, 0.15) is 5.76 Å². The van der Waals surface area contributed by atoms with Gasteiger partial charge in [-0.15, -0.1) is 0 Å². The number of nitrogens with one attached hydrogen (secondary N) is 1. The van der Waals surface area contributed by atoms with Crippen molar-refractivity contribution in [3.63, 3.8) is 0 Å². The number of nitrogens with zero attached hydrogens (tertiary/aromatic N) is 1. The molecule has 1 aromatic carbocycles. The maximum absolute atomic E-state index is 12.6. The summed E-state index contributed by atoms with van der Waals surface area (Å²) >= 11 is 0. The predicted molar refractivity (Wildman–Crippen MR) is 100.0 cm³/mol. The monoisotopic (exact) mass is 350 g/mol. The molecule has 5 heteroatoms. The first-order valence-corrected chi connectivity index (χ1v) is 8.64. The van der Waals surface area contributed by atoms with Gasteiger partial charge < -0.3 is 14.3 Å². The van der Waals surface area contributed by atoms with E-state index in [1.54, 1.807) is 30.5 Å². The highest BCUT2D eigenvalue weighted by atomic mass is 16.4. The molecule has 0 bridgehead atoms. The smallest absolute Gasteiger partial charge is 0.287 e. The number of hydrogen-bond donors (Lipinski definition) is 1. The van der Waals surface area contributed by atoms with Crippen LogP contribution in [0.4, 0.5) is 0 Å². The second-order valence-electron chi connectivity index (χ2n) is 6.54. The first-order valence-electron chi connectivity index (χ1n) is 8.64. The molecule has 26 heavy (non-hydrogen) atoms. The van der Waals surface area contributed by atoms with E-state index in [4.69, 9.17) is 4.42 Å². The molecule has 0 fully saturated rings. The summed E-state index contributed by atoms with van der Waals surface area (Å²) in [5.74, 6) is 0.771. The van der Waals surface area contributed by atoms with E-state index in [1.807, 2.05) is 30.3 Å². The van der Waals surface area contributed by atoms with Crippen LogP contribution in [0.5, 0.6) is 0 Å². The Morgan fingerprint density at radius 2 is 1.77 bits per heavy atom. The molecule has 0 saturated heterocycles. The minimum atomic E-state index is -0.265. The van der Waals surface area contributed by atoms with Crippen LogP contribution in [0.1, 0.15) is 41.8 Å². The summed E-state index contributed by atoms with van der Waals surface area (Å²) in [5, 5.41) is 3.04. The number of aromatic nitrogens is 1. The molecule has 0 aliphatic rings. The number of benzene rings is 1. The third-order valence-corrected chi connectivity index (χ3v) is 4.22. The van der Waals surface area contributed by atoms with Crippen molar-refractivity contribution in [2.75, 3.05) is 0 Å². The number of carbonyl (C=O) groups excluding carboxylic acids is 1. The lowest BCUT2D eigenvalue weighted by atomic mass is 9.96. The number of hydrogen-bond acceptors (Lipinski definition) is 3. The fourth-order valence-corrected chi connectivity index (χ4v) is 2.85. The highest BCUT2D eigenvalue weighted by molar-refractivity contribution is 5.91. The van der Waals surface area contributed by atoms with Gasteiger partial charge >= 0.3 is 0 Å². The lowest BCUT2D eigenvalue weighted by Gasteiger charge is -2.22. The van der Waals surface area contributed by atoms with E-state index < -0.39 is 0 Å². The van der Waals surface area contributed by atoms with Crippen LogP contribution in [0.3, 0.4) is 0 Å². The maximum atomic E-state index is 12.6. The van der Waals surface area contributed by atoms with Gasteiger partial charge in [0.2, 0.25) is 0 Å². The van der Waals surface area contributed by atoms with Crippen LogP contribution in [0.2, 0.25) is 0 Å². The molecule has 1 atom stereocenters. The minimum Gasteiger partial charge on any atom is -0.454 e. The molecule has 0 aliphatic heterocycles. The molecule has 0 spiro atoms. The molecule has 0 aliphatic carbocycles. The topological polar surface area (TPSA) is 64.2 Å². The van der Waals surface area contributed by atoms with Gasteiger partial charge in [0.05, 0.1) is 12.6 Å². The van der Waals surface area contributed by atoms with Crippen molar-refractivity contribution < 1.29 is 9.21 Å².